The number of rotatable bonds is 11. The second-order valence-corrected chi connectivity index (χ2v) is 6.27. The van der Waals surface area contributed by atoms with Crippen LogP contribution in [0.25, 0.3) is 0 Å². The molecule has 0 aromatic rings. The maximum atomic E-state index is 9.94. The van der Waals surface area contributed by atoms with Crippen molar-refractivity contribution in [3.8, 4) is 0 Å². The molecule has 0 saturated carbocycles. The molecule has 0 aromatic heterocycles. The van der Waals surface area contributed by atoms with Crippen molar-refractivity contribution in [3.05, 3.63) is 0 Å². The highest BCUT2D eigenvalue weighted by Crippen LogP contribution is 2.27. The van der Waals surface area contributed by atoms with Crippen LogP contribution in [0.5, 0.6) is 0 Å². The number of aliphatic hydroxyl groups excluding tert-OH is 3. The van der Waals surface area contributed by atoms with E-state index in [1.165, 1.54) is 0 Å². The number of aliphatic hydroxyl groups is 3. The zero-order valence-electron chi connectivity index (χ0n) is 18.8. The zero-order chi connectivity index (χ0) is 22.1. The Hall–Kier alpha value is -0.320. The van der Waals surface area contributed by atoms with Gasteiger partial charge in [0.25, 0.3) is 0 Å². The molecule has 0 radical (unpaired) electrons. The first kappa shape index (κ1) is 29.9. The molecule has 8 heteroatoms. The second kappa shape index (κ2) is 18.7. The number of hydrogen-bond acceptors (Lipinski definition) is 8. The van der Waals surface area contributed by atoms with Crippen molar-refractivity contribution in [2.45, 2.75) is 98.3 Å². The van der Waals surface area contributed by atoms with Gasteiger partial charge in [-0.25, -0.2) is 0 Å². The predicted octanol–water partition coefficient (Wildman–Crippen LogP) is 1.64. The maximum absolute atomic E-state index is 9.94. The van der Waals surface area contributed by atoms with Crippen LogP contribution >= 0.6 is 0 Å². The molecule has 172 valence electrons. The SMILES string of the molecule is CC.CC.CC(OCCCN)OC(CO)C(C)OC1CC(C)C(O)C(CO)O1. The Morgan fingerprint density at radius 3 is 2.25 bits per heavy atom. The fourth-order valence-electron chi connectivity index (χ4n) is 2.63. The molecule has 1 rings (SSSR count). The monoisotopic (exact) mass is 411 g/mol. The van der Waals surface area contributed by atoms with Gasteiger partial charge in [-0.1, -0.05) is 34.6 Å². The van der Waals surface area contributed by atoms with Crippen molar-refractivity contribution < 1.29 is 34.3 Å². The van der Waals surface area contributed by atoms with Gasteiger partial charge >= 0.3 is 0 Å². The van der Waals surface area contributed by atoms with Gasteiger partial charge in [0.15, 0.2) is 12.6 Å². The van der Waals surface area contributed by atoms with E-state index in [1.807, 2.05) is 34.6 Å². The first-order chi connectivity index (χ1) is 13.4. The van der Waals surface area contributed by atoms with E-state index >= 15 is 0 Å². The Kier molecular flexibility index (Phi) is 19.9. The van der Waals surface area contributed by atoms with E-state index in [-0.39, 0.29) is 19.1 Å². The van der Waals surface area contributed by atoms with Crippen molar-refractivity contribution >= 4 is 0 Å². The van der Waals surface area contributed by atoms with Crippen LogP contribution in [0.3, 0.4) is 0 Å². The Bertz CT molecular complexity index is 336. The van der Waals surface area contributed by atoms with E-state index < -0.39 is 37.0 Å². The Morgan fingerprint density at radius 2 is 1.75 bits per heavy atom. The highest BCUT2D eigenvalue weighted by atomic mass is 16.7. The summed E-state index contributed by atoms with van der Waals surface area (Å²) in [4.78, 5) is 0. The minimum atomic E-state index is -0.717. The molecular weight excluding hydrogens is 366 g/mol. The fraction of sp³-hybridized carbons (Fsp3) is 1.00. The van der Waals surface area contributed by atoms with E-state index in [2.05, 4.69) is 0 Å². The Balaban J connectivity index is 0. The molecule has 0 aliphatic carbocycles. The Morgan fingerprint density at radius 1 is 1.14 bits per heavy atom. The summed E-state index contributed by atoms with van der Waals surface area (Å²) < 4.78 is 22.5. The molecular formula is C20H45NO7. The van der Waals surface area contributed by atoms with Crippen molar-refractivity contribution in [1.29, 1.82) is 0 Å². The summed E-state index contributed by atoms with van der Waals surface area (Å²) in [5.41, 5.74) is 5.41. The highest BCUT2D eigenvalue weighted by Gasteiger charge is 2.37. The molecule has 0 aromatic carbocycles. The summed E-state index contributed by atoms with van der Waals surface area (Å²) in [6.45, 7) is 14.0. The van der Waals surface area contributed by atoms with Crippen LogP contribution in [0.4, 0.5) is 0 Å². The average Bonchev–Trinajstić information content (AvgIpc) is 2.71. The molecule has 7 unspecified atom stereocenters. The molecule has 1 aliphatic heterocycles. The third kappa shape index (κ3) is 11.6. The molecule has 1 heterocycles. The molecule has 28 heavy (non-hydrogen) atoms. The molecule has 0 amide bonds. The van der Waals surface area contributed by atoms with E-state index in [1.54, 1.807) is 13.8 Å². The lowest BCUT2D eigenvalue weighted by Crippen LogP contribution is -2.49. The van der Waals surface area contributed by atoms with Crippen LogP contribution in [0.15, 0.2) is 0 Å². The lowest BCUT2D eigenvalue weighted by atomic mass is 9.93. The molecule has 7 atom stereocenters. The molecule has 1 fully saturated rings. The van der Waals surface area contributed by atoms with E-state index in [0.717, 1.165) is 6.42 Å². The summed E-state index contributed by atoms with van der Waals surface area (Å²) in [5.74, 6) is -0.0554. The molecule has 1 saturated heterocycles. The number of hydrogen-bond donors (Lipinski definition) is 4. The summed E-state index contributed by atoms with van der Waals surface area (Å²) >= 11 is 0. The van der Waals surface area contributed by atoms with Crippen LogP contribution in [0.2, 0.25) is 0 Å². The molecule has 0 spiro atoms. The van der Waals surface area contributed by atoms with E-state index in [0.29, 0.717) is 19.6 Å². The van der Waals surface area contributed by atoms with Gasteiger partial charge in [-0.3, -0.25) is 0 Å². The van der Waals surface area contributed by atoms with Crippen molar-refractivity contribution in [2.24, 2.45) is 11.7 Å². The average molecular weight is 412 g/mol. The summed E-state index contributed by atoms with van der Waals surface area (Å²) in [6.07, 6.45) is -2.22. The largest absolute Gasteiger partial charge is 0.394 e. The van der Waals surface area contributed by atoms with Crippen molar-refractivity contribution in [1.82, 2.24) is 0 Å². The number of nitrogens with two attached hydrogens (primary N) is 1. The van der Waals surface area contributed by atoms with Gasteiger partial charge < -0.3 is 40.0 Å². The van der Waals surface area contributed by atoms with E-state index in [9.17, 15) is 15.3 Å². The fourth-order valence-corrected chi connectivity index (χ4v) is 2.63. The predicted molar refractivity (Wildman–Crippen MR) is 110 cm³/mol. The first-order valence-corrected chi connectivity index (χ1v) is 10.6. The van der Waals surface area contributed by atoms with Gasteiger partial charge in [0.1, 0.15) is 12.2 Å². The zero-order valence-corrected chi connectivity index (χ0v) is 18.8. The third-order valence-corrected chi connectivity index (χ3v) is 4.17. The third-order valence-electron chi connectivity index (χ3n) is 4.17. The summed E-state index contributed by atoms with van der Waals surface area (Å²) in [6, 6.07) is 0. The summed E-state index contributed by atoms with van der Waals surface area (Å²) in [7, 11) is 0. The Labute approximate surface area is 171 Å². The van der Waals surface area contributed by atoms with Gasteiger partial charge in [-0.2, -0.15) is 0 Å². The van der Waals surface area contributed by atoms with E-state index in [4.69, 9.17) is 24.7 Å². The van der Waals surface area contributed by atoms with Crippen molar-refractivity contribution in [3.63, 3.8) is 0 Å². The minimum absolute atomic E-state index is 0.0554. The number of ether oxygens (including phenoxy) is 4. The van der Waals surface area contributed by atoms with Crippen LogP contribution in [0, 0.1) is 5.92 Å². The van der Waals surface area contributed by atoms with Gasteiger partial charge in [0, 0.05) is 6.42 Å². The maximum Gasteiger partial charge on any atom is 0.159 e. The lowest BCUT2D eigenvalue weighted by Gasteiger charge is -2.39. The molecule has 8 nitrogen and oxygen atoms in total. The molecule has 0 bridgehead atoms. The second-order valence-electron chi connectivity index (χ2n) is 6.27. The van der Waals surface area contributed by atoms with Crippen LogP contribution < -0.4 is 5.73 Å². The topological polar surface area (TPSA) is 124 Å². The first-order valence-electron chi connectivity index (χ1n) is 10.6. The standard InChI is InChI=1S/C16H33NO7.2C2H6/c1-10-7-15(24-14(9-19)16(10)20)22-11(2)13(8-18)23-12(3)21-6-4-5-17;2*1-2/h10-16,18-20H,4-9,17H2,1-3H3;2*1-2H3. The van der Waals surface area contributed by atoms with Crippen LogP contribution in [-0.4, -0.2) is 78.7 Å². The smallest absolute Gasteiger partial charge is 0.159 e. The quantitative estimate of drug-likeness (QED) is 0.299. The van der Waals surface area contributed by atoms with Crippen molar-refractivity contribution in [2.75, 3.05) is 26.4 Å². The van der Waals surface area contributed by atoms with Gasteiger partial charge in [0.2, 0.25) is 0 Å². The lowest BCUT2D eigenvalue weighted by molar-refractivity contribution is -0.278. The molecule has 1 aliphatic rings. The van der Waals surface area contributed by atoms with Gasteiger partial charge in [-0.05, 0) is 32.7 Å². The molecule has 5 N–H and O–H groups in total. The summed E-state index contributed by atoms with van der Waals surface area (Å²) in [5, 5.41) is 28.8. The van der Waals surface area contributed by atoms with Crippen LogP contribution in [0.1, 0.15) is 61.3 Å². The van der Waals surface area contributed by atoms with Crippen LogP contribution in [-0.2, 0) is 18.9 Å². The minimum Gasteiger partial charge on any atom is -0.394 e. The normalized spacial score (nSPS) is 27.5. The van der Waals surface area contributed by atoms with Gasteiger partial charge in [-0.15, -0.1) is 0 Å². The van der Waals surface area contributed by atoms with Gasteiger partial charge in [0.05, 0.1) is 32.0 Å². The highest BCUT2D eigenvalue weighted by molar-refractivity contribution is 4.81.